The van der Waals surface area contributed by atoms with Crippen LogP contribution in [-0.4, -0.2) is 39.9 Å². The summed E-state index contributed by atoms with van der Waals surface area (Å²) in [4.78, 5) is 18.2. The number of amides is 1. The lowest BCUT2D eigenvalue weighted by Gasteiger charge is -2.44. The molecule has 2 aromatic carbocycles. The highest BCUT2D eigenvalue weighted by atomic mass is 19.4. The molecule has 1 N–H and O–H groups in total. The number of rotatable bonds is 5. The first-order chi connectivity index (χ1) is 18.6. The third-order valence-corrected chi connectivity index (χ3v) is 6.66. The van der Waals surface area contributed by atoms with Gasteiger partial charge < -0.3 is 4.90 Å². The van der Waals surface area contributed by atoms with Crippen molar-refractivity contribution in [1.29, 1.82) is 0 Å². The highest BCUT2D eigenvalue weighted by Crippen LogP contribution is 2.49. The van der Waals surface area contributed by atoms with E-state index in [1.165, 1.54) is 40.0 Å². The van der Waals surface area contributed by atoms with Crippen LogP contribution in [0.5, 0.6) is 0 Å². The zero-order valence-corrected chi connectivity index (χ0v) is 20.0. The summed E-state index contributed by atoms with van der Waals surface area (Å²) in [6, 6.07) is 6.47. The summed E-state index contributed by atoms with van der Waals surface area (Å²) in [6.07, 6.45) is -7.44. The highest BCUT2D eigenvalue weighted by Gasteiger charge is 2.60. The fourth-order valence-electron chi connectivity index (χ4n) is 4.49. The van der Waals surface area contributed by atoms with E-state index in [9.17, 15) is 39.9 Å². The van der Waals surface area contributed by atoms with Crippen molar-refractivity contribution >= 4 is 11.6 Å². The average molecular weight is 576 g/mol. The van der Waals surface area contributed by atoms with Gasteiger partial charge in [0.15, 0.2) is 17.3 Å². The summed E-state index contributed by atoms with van der Waals surface area (Å²) in [5.74, 6) is -4.85. The van der Waals surface area contributed by atoms with Crippen LogP contribution in [-0.2, 0) is 33.6 Å². The van der Waals surface area contributed by atoms with Crippen molar-refractivity contribution in [2.45, 2.75) is 30.2 Å². The molecule has 40 heavy (non-hydrogen) atoms. The van der Waals surface area contributed by atoms with Crippen molar-refractivity contribution in [2.75, 3.05) is 13.1 Å². The third kappa shape index (κ3) is 4.67. The Morgan fingerprint density at radius 3 is 2.27 bits per heavy atom. The lowest BCUT2D eigenvalue weighted by atomic mass is 9.86. The first-order valence-corrected chi connectivity index (χ1v) is 11.5. The molecule has 1 saturated heterocycles. The minimum Gasteiger partial charge on any atom is -0.334 e. The number of halogens is 9. The molecular weight excluding hydrogens is 559 g/mol. The maximum Gasteiger partial charge on any atom is 0.428 e. The molecular formula is C25H17F9N4O2. The normalized spacial score (nSPS) is 20.6. The van der Waals surface area contributed by atoms with Crippen LogP contribution < -0.4 is 5.48 Å². The predicted octanol–water partition coefficient (Wildman–Crippen LogP) is 5.22. The second kappa shape index (κ2) is 9.28. The SMILES string of the molecule is O=C(Cn1cccn1)N1CC(F)(c2ccc(C3=CC(c4cc(F)c(F)c(C(F)(F)F)c4)(C(F)(F)F)ON3)cc2)C1. The lowest BCUT2D eigenvalue weighted by molar-refractivity contribution is -0.269. The predicted molar refractivity (Wildman–Crippen MR) is 119 cm³/mol. The molecule has 1 atom stereocenters. The molecule has 1 fully saturated rings. The molecule has 0 saturated carbocycles. The molecule has 6 nitrogen and oxygen atoms in total. The molecule has 1 aromatic heterocycles. The van der Waals surface area contributed by atoms with Crippen molar-refractivity contribution in [3.63, 3.8) is 0 Å². The Labute approximate surface area is 219 Å². The second-order valence-corrected chi connectivity index (χ2v) is 9.31. The first kappa shape index (κ1) is 27.6. The molecule has 3 aromatic rings. The molecule has 0 spiro atoms. The molecule has 1 amide bonds. The van der Waals surface area contributed by atoms with Gasteiger partial charge >= 0.3 is 12.4 Å². The standard InChI is InChI=1S/C25H17F9N4O2/c26-18-9-16(8-17(21(18)27)24(29,30)31)23(25(32,33)34)10-19(36-40-23)14-2-4-15(5-3-14)22(28)12-37(13-22)20(39)11-38-7-1-6-35-38/h1-10,36H,11-13H2. The van der Waals surface area contributed by atoms with Gasteiger partial charge in [0.2, 0.25) is 11.5 Å². The Morgan fingerprint density at radius 1 is 1.02 bits per heavy atom. The monoisotopic (exact) mass is 576 g/mol. The molecule has 5 rings (SSSR count). The number of carbonyl (C=O) groups excluding carboxylic acids is 1. The summed E-state index contributed by atoms with van der Waals surface area (Å²) in [6.45, 7) is -0.595. The van der Waals surface area contributed by atoms with Crippen LogP contribution in [0.25, 0.3) is 5.70 Å². The number of alkyl halides is 7. The Balaban J connectivity index is 1.39. The van der Waals surface area contributed by atoms with Gasteiger partial charge in [0.05, 0.1) is 24.4 Å². The highest BCUT2D eigenvalue weighted by molar-refractivity contribution is 5.77. The van der Waals surface area contributed by atoms with E-state index < -0.39 is 46.4 Å². The van der Waals surface area contributed by atoms with Gasteiger partial charge in [-0.05, 0) is 35.4 Å². The van der Waals surface area contributed by atoms with Gasteiger partial charge in [-0.15, -0.1) is 0 Å². The van der Waals surface area contributed by atoms with Gasteiger partial charge in [-0.1, -0.05) is 24.3 Å². The minimum atomic E-state index is -5.48. The van der Waals surface area contributed by atoms with Crippen LogP contribution in [0, 0.1) is 11.6 Å². The van der Waals surface area contributed by atoms with E-state index in [1.54, 1.807) is 12.3 Å². The van der Waals surface area contributed by atoms with Crippen LogP contribution in [0.1, 0.15) is 22.3 Å². The quantitative estimate of drug-likeness (QED) is 0.424. The zero-order chi connectivity index (χ0) is 29.1. The number of hydroxylamine groups is 1. The average Bonchev–Trinajstić information content (AvgIpc) is 3.54. The van der Waals surface area contributed by atoms with Crippen molar-refractivity contribution in [3.05, 3.63) is 94.8 Å². The van der Waals surface area contributed by atoms with E-state index >= 15 is 4.39 Å². The number of hydrogen-bond acceptors (Lipinski definition) is 4. The van der Waals surface area contributed by atoms with Crippen LogP contribution >= 0.6 is 0 Å². The van der Waals surface area contributed by atoms with E-state index in [0.717, 1.165) is 0 Å². The summed E-state index contributed by atoms with van der Waals surface area (Å²) >= 11 is 0. The maximum atomic E-state index is 15.4. The number of likely N-dealkylation sites (tertiary alicyclic amines) is 1. The maximum absolute atomic E-state index is 15.4. The Bertz CT molecular complexity index is 1460. The fraction of sp³-hybridized carbons (Fsp3) is 0.280. The Morgan fingerprint density at radius 2 is 1.70 bits per heavy atom. The number of hydrogen-bond donors (Lipinski definition) is 1. The summed E-state index contributed by atoms with van der Waals surface area (Å²) < 4.78 is 126. The zero-order valence-electron chi connectivity index (χ0n) is 20.0. The van der Waals surface area contributed by atoms with Crippen LogP contribution in [0.3, 0.4) is 0 Å². The van der Waals surface area contributed by atoms with Gasteiger partial charge in [0.1, 0.15) is 6.54 Å². The number of nitrogens with one attached hydrogen (secondary N) is 1. The third-order valence-electron chi connectivity index (χ3n) is 6.66. The molecule has 15 heteroatoms. The molecule has 1 unspecified atom stereocenters. The molecule has 212 valence electrons. The second-order valence-electron chi connectivity index (χ2n) is 9.31. The van der Waals surface area contributed by atoms with E-state index in [2.05, 4.69) is 9.94 Å². The Kier molecular flexibility index (Phi) is 6.39. The number of benzene rings is 2. The van der Waals surface area contributed by atoms with Gasteiger partial charge in [-0.2, -0.15) is 31.4 Å². The lowest BCUT2D eigenvalue weighted by Crippen LogP contribution is -2.59. The van der Waals surface area contributed by atoms with Crippen molar-refractivity contribution < 1.29 is 49.1 Å². The van der Waals surface area contributed by atoms with Crippen LogP contribution in [0.2, 0.25) is 0 Å². The van der Waals surface area contributed by atoms with E-state index in [0.29, 0.717) is 6.08 Å². The number of aromatic nitrogens is 2. The van der Waals surface area contributed by atoms with Crippen molar-refractivity contribution in [2.24, 2.45) is 0 Å². The summed E-state index contributed by atoms with van der Waals surface area (Å²) in [5.41, 5.74) is -7.30. The van der Waals surface area contributed by atoms with E-state index in [-0.39, 0.29) is 54.5 Å². The molecule has 3 heterocycles. The van der Waals surface area contributed by atoms with Crippen LogP contribution in [0.4, 0.5) is 39.5 Å². The largest absolute Gasteiger partial charge is 0.428 e. The molecule has 0 bridgehead atoms. The van der Waals surface area contributed by atoms with Gasteiger partial charge in [-0.25, -0.2) is 13.2 Å². The summed E-state index contributed by atoms with van der Waals surface area (Å²) in [5, 5.41) is 3.91. The molecule has 0 aliphatic carbocycles. The first-order valence-electron chi connectivity index (χ1n) is 11.5. The Hall–Kier alpha value is -4.01. The van der Waals surface area contributed by atoms with Crippen LogP contribution in [0.15, 0.2) is 60.9 Å². The van der Waals surface area contributed by atoms with Gasteiger partial charge in [0.25, 0.3) is 0 Å². The van der Waals surface area contributed by atoms with Gasteiger partial charge in [0, 0.05) is 18.0 Å². The fourth-order valence-corrected chi connectivity index (χ4v) is 4.49. The molecule has 2 aliphatic rings. The molecule has 0 radical (unpaired) electrons. The number of nitrogens with zero attached hydrogens (tertiary/aromatic N) is 3. The van der Waals surface area contributed by atoms with E-state index in [1.807, 2.05) is 5.48 Å². The smallest absolute Gasteiger partial charge is 0.334 e. The summed E-state index contributed by atoms with van der Waals surface area (Å²) in [7, 11) is 0. The van der Waals surface area contributed by atoms with E-state index in [4.69, 9.17) is 0 Å². The minimum absolute atomic E-state index is 0.0227. The van der Waals surface area contributed by atoms with Gasteiger partial charge in [-0.3, -0.25) is 19.8 Å². The van der Waals surface area contributed by atoms with Crippen molar-refractivity contribution in [1.82, 2.24) is 20.2 Å². The molecule has 2 aliphatic heterocycles. The topological polar surface area (TPSA) is 59.4 Å². The van der Waals surface area contributed by atoms with Crippen molar-refractivity contribution in [3.8, 4) is 0 Å². The number of carbonyl (C=O) groups is 1.